The van der Waals surface area contributed by atoms with Crippen molar-refractivity contribution in [2.24, 2.45) is 0 Å². The molecule has 3 aromatic carbocycles. The van der Waals surface area contributed by atoms with E-state index in [0.717, 1.165) is 9.86 Å². The molecule has 0 fully saturated rings. The molecule has 156 valence electrons. The van der Waals surface area contributed by atoms with Crippen LogP contribution in [0.4, 0.5) is 11.4 Å². The molecule has 6 nitrogen and oxygen atoms in total. The van der Waals surface area contributed by atoms with E-state index < -0.39 is 5.91 Å². The number of nitrogens with one attached hydrogen (secondary N) is 2. The molecule has 31 heavy (non-hydrogen) atoms. The number of methoxy groups -OCH3 is 1. The number of ketones is 1. The van der Waals surface area contributed by atoms with Crippen molar-refractivity contribution >= 4 is 50.0 Å². The molecule has 0 spiro atoms. The fourth-order valence-corrected chi connectivity index (χ4v) is 3.41. The highest BCUT2D eigenvalue weighted by molar-refractivity contribution is 9.10. The van der Waals surface area contributed by atoms with E-state index in [1.165, 1.54) is 0 Å². The Labute approximate surface area is 187 Å². The number of carbonyl (C=O) groups excluding carboxylic acids is 2. The molecule has 1 aromatic heterocycles. The van der Waals surface area contributed by atoms with Gasteiger partial charge in [0, 0.05) is 21.1 Å². The van der Waals surface area contributed by atoms with E-state index in [4.69, 9.17) is 9.15 Å². The molecule has 4 rings (SSSR count). The summed E-state index contributed by atoms with van der Waals surface area (Å²) in [7, 11) is 1.58. The molecule has 0 bridgehead atoms. The SMILES string of the molecule is COc1ccc(NC(=O)c2oc3ccccc3c2NCC(=O)c2ccc(Br)cc2)cc1. The average molecular weight is 479 g/mol. The number of halogens is 1. The molecule has 7 heteroatoms. The van der Waals surface area contributed by atoms with Crippen LogP contribution in [-0.4, -0.2) is 25.3 Å². The fourth-order valence-electron chi connectivity index (χ4n) is 3.15. The van der Waals surface area contributed by atoms with Crippen molar-refractivity contribution in [1.29, 1.82) is 0 Å². The van der Waals surface area contributed by atoms with Crippen LogP contribution in [0.1, 0.15) is 20.9 Å². The van der Waals surface area contributed by atoms with Gasteiger partial charge in [0.25, 0.3) is 5.91 Å². The number of hydrogen-bond donors (Lipinski definition) is 2. The van der Waals surface area contributed by atoms with Crippen LogP contribution in [0.25, 0.3) is 11.0 Å². The van der Waals surface area contributed by atoms with E-state index in [-0.39, 0.29) is 18.1 Å². The number of anilines is 2. The number of furan rings is 1. The fraction of sp³-hybridized carbons (Fsp3) is 0.0833. The van der Waals surface area contributed by atoms with Crippen LogP contribution in [0.3, 0.4) is 0 Å². The molecule has 0 aliphatic heterocycles. The molecule has 0 aliphatic carbocycles. The summed E-state index contributed by atoms with van der Waals surface area (Å²) in [4.78, 5) is 25.5. The van der Waals surface area contributed by atoms with E-state index in [9.17, 15) is 9.59 Å². The van der Waals surface area contributed by atoms with Gasteiger partial charge < -0.3 is 19.8 Å². The minimum absolute atomic E-state index is 0.0218. The quantitative estimate of drug-likeness (QED) is 0.330. The van der Waals surface area contributed by atoms with Crippen LogP contribution < -0.4 is 15.4 Å². The molecule has 0 saturated heterocycles. The van der Waals surface area contributed by atoms with E-state index >= 15 is 0 Å². The Morgan fingerprint density at radius 3 is 2.39 bits per heavy atom. The maximum atomic E-state index is 12.9. The maximum Gasteiger partial charge on any atom is 0.293 e. The predicted octanol–water partition coefficient (Wildman–Crippen LogP) is 5.75. The van der Waals surface area contributed by atoms with Crippen molar-refractivity contribution in [1.82, 2.24) is 0 Å². The smallest absolute Gasteiger partial charge is 0.293 e. The van der Waals surface area contributed by atoms with Gasteiger partial charge in [-0.05, 0) is 48.5 Å². The van der Waals surface area contributed by atoms with Gasteiger partial charge in [0.2, 0.25) is 5.76 Å². The van der Waals surface area contributed by atoms with Crippen molar-refractivity contribution in [2.45, 2.75) is 0 Å². The van der Waals surface area contributed by atoms with Gasteiger partial charge in [-0.2, -0.15) is 0 Å². The van der Waals surface area contributed by atoms with Gasteiger partial charge in [-0.15, -0.1) is 0 Å². The van der Waals surface area contributed by atoms with Crippen molar-refractivity contribution in [3.63, 3.8) is 0 Å². The van der Waals surface area contributed by atoms with Gasteiger partial charge >= 0.3 is 0 Å². The van der Waals surface area contributed by atoms with Crippen LogP contribution in [0.15, 0.2) is 81.7 Å². The Kier molecular flexibility index (Phi) is 6.04. The summed E-state index contributed by atoms with van der Waals surface area (Å²) in [5, 5.41) is 6.64. The van der Waals surface area contributed by atoms with Crippen LogP contribution in [0, 0.1) is 0 Å². The first-order valence-corrected chi connectivity index (χ1v) is 10.3. The summed E-state index contributed by atoms with van der Waals surface area (Å²) in [5.74, 6) is 0.287. The number of fused-ring (bicyclic) bond motifs is 1. The number of carbonyl (C=O) groups is 2. The van der Waals surface area contributed by atoms with Crippen LogP contribution >= 0.6 is 15.9 Å². The van der Waals surface area contributed by atoms with Gasteiger partial charge in [-0.1, -0.05) is 40.2 Å². The Morgan fingerprint density at radius 2 is 1.68 bits per heavy atom. The minimum atomic E-state index is -0.417. The van der Waals surface area contributed by atoms with Gasteiger partial charge in [0.1, 0.15) is 11.3 Å². The topological polar surface area (TPSA) is 80.6 Å². The van der Waals surface area contributed by atoms with Gasteiger partial charge in [-0.25, -0.2) is 0 Å². The van der Waals surface area contributed by atoms with E-state index in [1.807, 2.05) is 30.3 Å². The van der Waals surface area contributed by atoms with Crippen molar-refractivity contribution < 1.29 is 18.7 Å². The van der Waals surface area contributed by atoms with Crippen molar-refractivity contribution in [2.75, 3.05) is 24.3 Å². The lowest BCUT2D eigenvalue weighted by atomic mass is 10.1. The first-order valence-electron chi connectivity index (χ1n) is 9.55. The number of benzene rings is 3. The first kappa shape index (κ1) is 20.7. The Balaban J connectivity index is 1.58. The highest BCUT2D eigenvalue weighted by atomic mass is 79.9. The van der Waals surface area contributed by atoms with Crippen LogP contribution in [-0.2, 0) is 0 Å². The van der Waals surface area contributed by atoms with E-state index in [1.54, 1.807) is 49.6 Å². The monoisotopic (exact) mass is 478 g/mol. The third-order valence-electron chi connectivity index (χ3n) is 4.74. The molecule has 0 saturated carbocycles. The number of ether oxygens (including phenoxy) is 1. The van der Waals surface area contributed by atoms with Crippen molar-refractivity contribution in [3.8, 4) is 5.75 Å². The molecule has 1 heterocycles. The Hall–Kier alpha value is -3.58. The van der Waals surface area contributed by atoms with Gasteiger partial charge in [0.15, 0.2) is 5.78 Å². The third kappa shape index (κ3) is 4.62. The minimum Gasteiger partial charge on any atom is -0.497 e. The van der Waals surface area contributed by atoms with Crippen molar-refractivity contribution in [3.05, 3.63) is 88.6 Å². The summed E-state index contributed by atoms with van der Waals surface area (Å²) in [6.45, 7) is 0.0218. The van der Waals surface area contributed by atoms with Crippen LogP contribution in [0.2, 0.25) is 0 Å². The highest BCUT2D eigenvalue weighted by Gasteiger charge is 2.21. The standard InChI is InChI=1S/C24H19BrN2O4/c1-30-18-12-10-17(11-13-18)27-24(29)23-22(19-4-2-3-5-21(19)31-23)26-14-20(28)15-6-8-16(25)9-7-15/h2-13,26H,14H2,1H3,(H,27,29). The number of rotatable bonds is 7. The molecule has 1 amide bonds. The second-order valence-corrected chi connectivity index (χ2v) is 7.68. The third-order valence-corrected chi connectivity index (χ3v) is 5.27. The lowest BCUT2D eigenvalue weighted by molar-refractivity contribution is 0.0991. The molecule has 0 atom stereocenters. The summed E-state index contributed by atoms with van der Waals surface area (Å²) in [6, 6.07) is 21.4. The molecule has 0 unspecified atom stereocenters. The first-order chi connectivity index (χ1) is 15.0. The molecular formula is C24H19BrN2O4. The summed E-state index contributed by atoms with van der Waals surface area (Å²) in [5.41, 5.74) is 2.21. The van der Waals surface area contributed by atoms with Gasteiger partial charge in [0.05, 0.1) is 19.3 Å². The lowest BCUT2D eigenvalue weighted by Gasteiger charge is -2.08. The molecule has 0 aliphatic rings. The molecule has 0 radical (unpaired) electrons. The zero-order valence-corrected chi connectivity index (χ0v) is 18.2. The summed E-state index contributed by atoms with van der Waals surface area (Å²) >= 11 is 3.36. The second-order valence-electron chi connectivity index (χ2n) is 6.77. The largest absolute Gasteiger partial charge is 0.497 e. The lowest BCUT2D eigenvalue weighted by Crippen LogP contribution is -2.17. The maximum absolute atomic E-state index is 12.9. The molecular weight excluding hydrogens is 460 g/mol. The normalized spacial score (nSPS) is 10.6. The number of Topliss-reactive ketones (excluding diaryl/α,β-unsaturated/α-hetero) is 1. The van der Waals surface area contributed by atoms with E-state index in [0.29, 0.717) is 28.3 Å². The Morgan fingerprint density at radius 1 is 0.968 bits per heavy atom. The number of amides is 1. The number of hydrogen-bond acceptors (Lipinski definition) is 5. The summed E-state index contributed by atoms with van der Waals surface area (Å²) < 4.78 is 11.9. The van der Waals surface area contributed by atoms with E-state index in [2.05, 4.69) is 26.6 Å². The van der Waals surface area contributed by atoms with Gasteiger partial charge in [-0.3, -0.25) is 9.59 Å². The molecule has 2 N–H and O–H groups in total. The Bertz CT molecular complexity index is 1230. The number of para-hydroxylation sites is 1. The molecule has 4 aromatic rings. The van der Waals surface area contributed by atoms with Crippen LogP contribution in [0.5, 0.6) is 5.75 Å². The predicted molar refractivity (Wildman–Crippen MR) is 124 cm³/mol. The summed E-state index contributed by atoms with van der Waals surface area (Å²) in [6.07, 6.45) is 0. The zero-order chi connectivity index (χ0) is 21.8. The zero-order valence-electron chi connectivity index (χ0n) is 16.6. The highest BCUT2D eigenvalue weighted by Crippen LogP contribution is 2.31. The average Bonchev–Trinajstić information content (AvgIpc) is 3.17. The second kappa shape index (κ2) is 9.06.